The maximum Gasteiger partial charge on any atom is 0.335 e. The van der Waals surface area contributed by atoms with Crippen molar-refractivity contribution in [2.75, 3.05) is 13.2 Å². The number of aryl methyl sites for hydroxylation is 1. The van der Waals surface area contributed by atoms with E-state index in [1.54, 1.807) is 0 Å². The smallest absolute Gasteiger partial charge is 0.335 e. The first kappa shape index (κ1) is 14.6. The lowest BCUT2D eigenvalue weighted by Gasteiger charge is -2.11. The number of hydrogen-bond donors (Lipinski definition) is 1. The zero-order valence-electron chi connectivity index (χ0n) is 12.2. The van der Waals surface area contributed by atoms with Gasteiger partial charge in [0.05, 0.1) is 12.2 Å². The van der Waals surface area contributed by atoms with Gasteiger partial charge in [0.1, 0.15) is 0 Å². The minimum Gasteiger partial charge on any atom is -0.463 e. The normalized spacial score (nSPS) is 16.6. The largest absolute Gasteiger partial charge is 0.463 e. The summed E-state index contributed by atoms with van der Waals surface area (Å²) >= 11 is 0. The van der Waals surface area contributed by atoms with Gasteiger partial charge in [-0.15, -0.1) is 0 Å². The number of nitrogens with one attached hydrogen (secondary N) is 1. The van der Waals surface area contributed by atoms with Crippen LogP contribution in [0.15, 0.2) is 41.6 Å². The summed E-state index contributed by atoms with van der Waals surface area (Å²) in [5, 5.41) is 3.32. The Morgan fingerprint density at radius 1 is 1.30 bits per heavy atom. The van der Waals surface area contributed by atoms with Gasteiger partial charge in [-0.2, -0.15) is 0 Å². The summed E-state index contributed by atoms with van der Waals surface area (Å²) in [5.41, 5.74) is 3.26. The van der Waals surface area contributed by atoms with E-state index in [1.807, 2.05) is 13.0 Å². The summed E-state index contributed by atoms with van der Waals surface area (Å²) in [6.45, 7) is 3.26. The summed E-state index contributed by atoms with van der Waals surface area (Å²) in [7, 11) is 0. The second-order valence-corrected chi connectivity index (χ2v) is 5.05. The highest BCUT2D eigenvalue weighted by Gasteiger charge is 2.19. The van der Waals surface area contributed by atoms with Crippen LogP contribution in [0.1, 0.15) is 38.2 Å². The zero-order valence-corrected chi connectivity index (χ0v) is 12.2. The number of ether oxygens (including phenoxy) is 1. The van der Waals surface area contributed by atoms with E-state index in [4.69, 9.17) is 4.74 Å². The molecule has 1 N–H and O–H groups in total. The van der Waals surface area contributed by atoms with E-state index in [0.29, 0.717) is 6.61 Å². The maximum absolute atomic E-state index is 12.1. The lowest BCUT2D eigenvalue weighted by molar-refractivity contribution is -0.138. The van der Waals surface area contributed by atoms with Crippen LogP contribution in [0.4, 0.5) is 0 Å². The average Bonchev–Trinajstić information content (AvgIpc) is 2.99. The SMILES string of the molecule is CCOC(=O)/C(CCCc1ccccc1)=C1\CCCN1. The molecule has 108 valence electrons. The van der Waals surface area contributed by atoms with Crippen molar-refractivity contribution in [2.24, 2.45) is 0 Å². The molecule has 1 heterocycles. The van der Waals surface area contributed by atoms with Crippen LogP contribution in [-0.2, 0) is 16.0 Å². The van der Waals surface area contributed by atoms with E-state index >= 15 is 0 Å². The molecule has 0 atom stereocenters. The molecule has 0 aliphatic carbocycles. The molecule has 0 amide bonds. The number of rotatable bonds is 6. The van der Waals surface area contributed by atoms with Crippen molar-refractivity contribution in [1.29, 1.82) is 0 Å². The van der Waals surface area contributed by atoms with E-state index in [0.717, 1.165) is 49.9 Å². The van der Waals surface area contributed by atoms with Crippen LogP contribution in [-0.4, -0.2) is 19.1 Å². The second kappa shape index (κ2) is 7.73. The molecule has 0 bridgehead atoms. The van der Waals surface area contributed by atoms with Crippen LogP contribution in [0.25, 0.3) is 0 Å². The lowest BCUT2D eigenvalue weighted by atomic mass is 10.0. The summed E-state index contributed by atoms with van der Waals surface area (Å²) in [5.74, 6) is -0.148. The Morgan fingerprint density at radius 2 is 2.10 bits per heavy atom. The Hall–Kier alpha value is -1.77. The number of carbonyl (C=O) groups is 1. The van der Waals surface area contributed by atoms with Crippen molar-refractivity contribution in [3.8, 4) is 0 Å². The molecule has 1 fully saturated rings. The van der Waals surface area contributed by atoms with Gasteiger partial charge in [0, 0.05) is 12.2 Å². The number of hydrogen-bond acceptors (Lipinski definition) is 3. The molecule has 3 heteroatoms. The molecular formula is C17H23NO2. The van der Waals surface area contributed by atoms with Crippen molar-refractivity contribution >= 4 is 5.97 Å². The van der Waals surface area contributed by atoms with Crippen molar-refractivity contribution in [3.05, 3.63) is 47.2 Å². The number of carbonyl (C=O) groups excluding carboxylic acids is 1. The molecule has 0 unspecified atom stereocenters. The van der Waals surface area contributed by atoms with Crippen LogP contribution in [0, 0.1) is 0 Å². The van der Waals surface area contributed by atoms with Gasteiger partial charge in [-0.05, 0) is 44.6 Å². The van der Waals surface area contributed by atoms with Crippen LogP contribution in [0.2, 0.25) is 0 Å². The standard InChI is InChI=1S/C17H23NO2/c1-2-20-17(19)15(16-12-7-13-18-16)11-6-10-14-8-4-3-5-9-14/h3-5,8-9,18H,2,6-7,10-13H2,1H3/b16-15+. The van der Waals surface area contributed by atoms with E-state index in [2.05, 4.69) is 29.6 Å². The fourth-order valence-corrected chi connectivity index (χ4v) is 2.56. The fraction of sp³-hybridized carbons (Fsp3) is 0.471. The van der Waals surface area contributed by atoms with E-state index in [-0.39, 0.29) is 5.97 Å². The lowest BCUT2D eigenvalue weighted by Crippen LogP contribution is -2.15. The predicted octanol–water partition coefficient (Wildman–Crippen LogP) is 3.21. The topological polar surface area (TPSA) is 38.3 Å². The molecule has 1 aromatic carbocycles. The first-order valence-corrected chi connectivity index (χ1v) is 7.48. The van der Waals surface area contributed by atoms with E-state index in [9.17, 15) is 4.79 Å². The van der Waals surface area contributed by atoms with Gasteiger partial charge in [0.15, 0.2) is 0 Å². The number of allylic oxidation sites excluding steroid dienone is 1. The van der Waals surface area contributed by atoms with Gasteiger partial charge in [-0.25, -0.2) is 4.79 Å². The first-order valence-electron chi connectivity index (χ1n) is 7.48. The molecule has 1 aromatic rings. The van der Waals surface area contributed by atoms with Crippen LogP contribution >= 0.6 is 0 Å². The molecule has 20 heavy (non-hydrogen) atoms. The van der Waals surface area contributed by atoms with E-state index < -0.39 is 0 Å². The first-order chi connectivity index (χ1) is 9.81. The molecule has 0 aromatic heterocycles. The summed E-state index contributed by atoms with van der Waals surface area (Å²) < 4.78 is 5.18. The second-order valence-electron chi connectivity index (χ2n) is 5.05. The van der Waals surface area contributed by atoms with Gasteiger partial charge >= 0.3 is 5.97 Å². The van der Waals surface area contributed by atoms with Gasteiger partial charge in [0.2, 0.25) is 0 Å². The monoisotopic (exact) mass is 273 g/mol. The minimum atomic E-state index is -0.148. The van der Waals surface area contributed by atoms with Gasteiger partial charge < -0.3 is 10.1 Å². The highest BCUT2D eigenvalue weighted by molar-refractivity contribution is 5.89. The Labute approximate surface area is 121 Å². The van der Waals surface area contributed by atoms with Crippen molar-refractivity contribution in [3.63, 3.8) is 0 Å². The van der Waals surface area contributed by atoms with Crippen molar-refractivity contribution < 1.29 is 9.53 Å². The number of benzene rings is 1. The third-order valence-electron chi connectivity index (χ3n) is 3.56. The minimum absolute atomic E-state index is 0.148. The Balaban J connectivity index is 1.94. The third kappa shape index (κ3) is 4.12. The Bertz CT molecular complexity index is 457. The average molecular weight is 273 g/mol. The maximum atomic E-state index is 12.1. The zero-order chi connectivity index (χ0) is 14.2. The molecule has 0 spiro atoms. The van der Waals surface area contributed by atoms with E-state index in [1.165, 1.54) is 5.56 Å². The highest BCUT2D eigenvalue weighted by atomic mass is 16.5. The summed E-state index contributed by atoms with van der Waals surface area (Å²) in [6.07, 6.45) is 4.84. The molecule has 1 saturated heterocycles. The summed E-state index contributed by atoms with van der Waals surface area (Å²) in [4.78, 5) is 12.1. The van der Waals surface area contributed by atoms with Crippen molar-refractivity contribution in [1.82, 2.24) is 5.32 Å². The fourth-order valence-electron chi connectivity index (χ4n) is 2.56. The Kier molecular flexibility index (Phi) is 5.66. The van der Waals surface area contributed by atoms with Gasteiger partial charge in [-0.1, -0.05) is 30.3 Å². The molecule has 1 aliphatic heterocycles. The molecule has 1 aliphatic rings. The molecular weight excluding hydrogens is 250 g/mol. The van der Waals surface area contributed by atoms with Crippen molar-refractivity contribution in [2.45, 2.75) is 39.0 Å². The number of esters is 1. The van der Waals surface area contributed by atoms with Crippen LogP contribution in [0.3, 0.4) is 0 Å². The van der Waals surface area contributed by atoms with Crippen LogP contribution in [0.5, 0.6) is 0 Å². The Morgan fingerprint density at radius 3 is 2.75 bits per heavy atom. The third-order valence-corrected chi connectivity index (χ3v) is 3.56. The molecule has 2 rings (SSSR count). The molecule has 0 radical (unpaired) electrons. The van der Waals surface area contributed by atoms with Gasteiger partial charge in [-0.3, -0.25) is 0 Å². The molecule has 3 nitrogen and oxygen atoms in total. The quantitative estimate of drug-likeness (QED) is 0.639. The predicted molar refractivity (Wildman–Crippen MR) is 80.3 cm³/mol. The van der Waals surface area contributed by atoms with Crippen LogP contribution < -0.4 is 5.32 Å². The van der Waals surface area contributed by atoms with Gasteiger partial charge in [0.25, 0.3) is 0 Å². The molecule has 0 saturated carbocycles. The summed E-state index contributed by atoms with van der Waals surface area (Å²) in [6, 6.07) is 10.4. The highest BCUT2D eigenvalue weighted by Crippen LogP contribution is 2.20.